The highest BCUT2D eigenvalue weighted by Crippen LogP contribution is 2.51. The summed E-state index contributed by atoms with van der Waals surface area (Å²) in [5, 5.41) is 13.7. The molecule has 0 atom stereocenters. The molecule has 0 heterocycles. The van der Waals surface area contributed by atoms with Gasteiger partial charge < -0.3 is 9.47 Å². The summed E-state index contributed by atoms with van der Waals surface area (Å²) in [6.07, 6.45) is -5.11. The van der Waals surface area contributed by atoms with Gasteiger partial charge in [-0.3, -0.25) is 10.1 Å². The molecule has 108 valence electrons. The Morgan fingerprint density at radius 2 is 2.00 bits per heavy atom. The summed E-state index contributed by atoms with van der Waals surface area (Å²) in [6, 6.07) is 0.717. The molecule has 1 aromatic rings. The van der Waals surface area contributed by atoms with Crippen LogP contribution in [0.15, 0.2) is 11.2 Å². The zero-order chi connectivity index (χ0) is 15.5. The van der Waals surface area contributed by atoms with Crippen molar-refractivity contribution in [1.29, 1.82) is 0 Å². The summed E-state index contributed by atoms with van der Waals surface area (Å²) in [6.45, 7) is 0. The average molecular weight is 292 g/mol. The number of nitro groups is 1. The molecule has 0 aromatic heterocycles. The fourth-order valence-corrected chi connectivity index (χ4v) is 1.54. The first-order chi connectivity index (χ1) is 9.27. The standard InChI is InChI=1S/C9H7F3N4O4/c1-19-5-3-4(14-15-13)6(9(10,11)12)7(16(17)18)8(5)20-2/h3H,1-2H3. The number of nitrogens with zero attached hydrogens (tertiary/aromatic N) is 4. The molecular formula is C9H7F3N4O4. The number of halogens is 3. The Kier molecular flexibility index (Phi) is 4.25. The normalized spacial score (nSPS) is 10.7. The highest BCUT2D eigenvalue weighted by Gasteiger charge is 2.44. The summed E-state index contributed by atoms with van der Waals surface area (Å²) >= 11 is 0. The van der Waals surface area contributed by atoms with Crippen LogP contribution in [0.3, 0.4) is 0 Å². The Morgan fingerprint density at radius 3 is 2.35 bits per heavy atom. The molecule has 8 nitrogen and oxygen atoms in total. The van der Waals surface area contributed by atoms with Crippen molar-refractivity contribution >= 4 is 11.4 Å². The number of azide groups is 1. The average Bonchev–Trinajstić information content (AvgIpc) is 2.35. The highest BCUT2D eigenvalue weighted by atomic mass is 19.4. The quantitative estimate of drug-likeness (QED) is 0.277. The van der Waals surface area contributed by atoms with Gasteiger partial charge in [-0.1, -0.05) is 5.11 Å². The van der Waals surface area contributed by atoms with Crippen LogP contribution in [0.4, 0.5) is 24.5 Å². The first-order valence-electron chi connectivity index (χ1n) is 4.83. The fourth-order valence-electron chi connectivity index (χ4n) is 1.54. The maximum absolute atomic E-state index is 13.0. The van der Waals surface area contributed by atoms with E-state index in [0.29, 0.717) is 6.07 Å². The third kappa shape index (κ3) is 2.67. The van der Waals surface area contributed by atoms with Crippen LogP contribution in [-0.2, 0) is 6.18 Å². The van der Waals surface area contributed by atoms with Gasteiger partial charge in [-0.25, -0.2) is 0 Å². The topological polar surface area (TPSA) is 110 Å². The molecule has 20 heavy (non-hydrogen) atoms. The van der Waals surface area contributed by atoms with E-state index in [1.54, 1.807) is 0 Å². The van der Waals surface area contributed by atoms with Crippen LogP contribution >= 0.6 is 0 Å². The van der Waals surface area contributed by atoms with Gasteiger partial charge in [-0.05, 0) is 11.6 Å². The Hall–Kier alpha value is -2.68. The van der Waals surface area contributed by atoms with E-state index in [1.165, 1.54) is 0 Å². The molecule has 0 aliphatic carbocycles. The second kappa shape index (κ2) is 5.53. The summed E-state index contributed by atoms with van der Waals surface area (Å²) in [7, 11) is 2.03. The zero-order valence-electron chi connectivity index (χ0n) is 10.1. The van der Waals surface area contributed by atoms with Crippen molar-refractivity contribution in [3.8, 4) is 11.5 Å². The van der Waals surface area contributed by atoms with Gasteiger partial charge in [0.05, 0.1) is 24.8 Å². The van der Waals surface area contributed by atoms with E-state index >= 15 is 0 Å². The molecule has 0 amide bonds. The van der Waals surface area contributed by atoms with Gasteiger partial charge in [-0.15, -0.1) is 0 Å². The second-order valence-electron chi connectivity index (χ2n) is 3.30. The lowest BCUT2D eigenvalue weighted by Crippen LogP contribution is -2.11. The van der Waals surface area contributed by atoms with Crippen LogP contribution in [-0.4, -0.2) is 19.1 Å². The molecule has 1 rings (SSSR count). The number of benzene rings is 1. The number of hydrogen-bond donors (Lipinski definition) is 0. The molecule has 0 saturated carbocycles. The summed E-state index contributed by atoms with van der Waals surface area (Å²) in [5.74, 6) is -1.06. The van der Waals surface area contributed by atoms with Crippen LogP contribution in [0.5, 0.6) is 11.5 Å². The molecule has 0 N–H and O–H groups in total. The van der Waals surface area contributed by atoms with Crippen molar-refractivity contribution in [3.05, 3.63) is 32.2 Å². The fraction of sp³-hybridized carbons (Fsp3) is 0.333. The Labute approximate surface area is 109 Å². The Bertz CT molecular complexity index is 596. The van der Waals surface area contributed by atoms with E-state index in [0.717, 1.165) is 14.2 Å². The molecule has 0 aliphatic heterocycles. The second-order valence-corrected chi connectivity index (χ2v) is 3.30. The minimum atomic E-state index is -5.11. The third-order valence-corrected chi connectivity index (χ3v) is 2.24. The van der Waals surface area contributed by atoms with E-state index < -0.39 is 33.8 Å². The highest BCUT2D eigenvalue weighted by molar-refractivity contribution is 5.71. The molecular weight excluding hydrogens is 285 g/mol. The van der Waals surface area contributed by atoms with Crippen molar-refractivity contribution in [3.63, 3.8) is 0 Å². The Morgan fingerprint density at radius 1 is 1.40 bits per heavy atom. The van der Waals surface area contributed by atoms with E-state index in [1.807, 2.05) is 0 Å². The van der Waals surface area contributed by atoms with Crippen LogP contribution in [0.1, 0.15) is 5.56 Å². The van der Waals surface area contributed by atoms with E-state index in [2.05, 4.69) is 14.8 Å². The lowest BCUT2D eigenvalue weighted by Gasteiger charge is -2.15. The van der Waals surface area contributed by atoms with Gasteiger partial charge in [0.1, 0.15) is 5.56 Å². The van der Waals surface area contributed by atoms with Gasteiger partial charge in [0, 0.05) is 4.91 Å². The number of nitro benzene ring substituents is 1. The van der Waals surface area contributed by atoms with Crippen molar-refractivity contribution < 1.29 is 27.6 Å². The SMILES string of the molecule is COc1cc(N=[N+]=[N-])c(C(F)(F)F)c([N+](=O)[O-])c1OC. The maximum atomic E-state index is 13.0. The summed E-state index contributed by atoms with van der Waals surface area (Å²) in [4.78, 5) is 11.8. The molecule has 0 saturated heterocycles. The number of rotatable bonds is 4. The van der Waals surface area contributed by atoms with Crippen LogP contribution in [0.2, 0.25) is 0 Å². The van der Waals surface area contributed by atoms with Crippen molar-refractivity contribution in [1.82, 2.24) is 0 Å². The predicted octanol–water partition coefficient (Wildman–Crippen LogP) is 3.57. The van der Waals surface area contributed by atoms with Crippen molar-refractivity contribution in [2.75, 3.05) is 14.2 Å². The molecule has 11 heteroatoms. The number of alkyl halides is 3. The van der Waals surface area contributed by atoms with Crippen LogP contribution < -0.4 is 9.47 Å². The number of ether oxygens (including phenoxy) is 2. The maximum Gasteiger partial charge on any atom is 0.423 e. The molecule has 0 fully saturated rings. The van der Waals surface area contributed by atoms with Gasteiger partial charge in [0.15, 0.2) is 5.75 Å². The molecule has 0 aliphatic rings. The first kappa shape index (κ1) is 15.4. The van der Waals surface area contributed by atoms with Crippen molar-refractivity contribution in [2.24, 2.45) is 5.11 Å². The van der Waals surface area contributed by atoms with Gasteiger partial charge in [0.2, 0.25) is 5.75 Å². The number of methoxy groups -OCH3 is 2. The predicted molar refractivity (Wildman–Crippen MR) is 60.0 cm³/mol. The van der Waals surface area contributed by atoms with Gasteiger partial charge >= 0.3 is 11.9 Å². The minimum Gasteiger partial charge on any atom is -0.493 e. The lowest BCUT2D eigenvalue weighted by atomic mass is 10.1. The smallest absolute Gasteiger partial charge is 0.423 e. The monoisotopic (exact) mass is 292 g/mol. The summed E-state index contributed by atoms with van der Waals surface area (Å²) in [5.41, 5.74) is 4.24. The molecule has 0 bridgehead atoms. The van der Waals surface area contributed by atoms with Gasteiger partial charge in [0.25, 0.3) is 0 Å². The molecule has 0 radical (unpaired) electrons. The Balaban J connectivity index is 3.94. The first-order valence-corrected chi connectivity index (χ1v) is 4.83. The minimum absolute atomic E-state index is 0.352. The molecule has 0 unspecified atom stereocenters. The lowest BCUT2D eigenvalue weighted by molar-refractivity contribution is -0.388. The summed E-state index contributed by atoms with van der Waals surface area (Å²) < 4.78 is 48.2. The van der Waals surface area contributed by atoms with E-state index in [-0.39, 0.29) is 5.75 Å². The van der Waals surface area contributed by atoms with E-state index in [4.69, 9.17) is 10.3 Å². The molecule has 0 spiro atoms. The number of hydrogen-bond acceptors (Lipinski definition) is 5. The zero-order valence-corrected chi connectivity index (χ0v) is 10.1. The largest absolute Gasteiger partial charge is 0.493 e. The third-order valence-electron chi connectivity index (χ3n) is 2.24. The molecule has 1 aromatic carbocycles. The van der Waals surface area contributed by atoms with Crippen LogP contribution in [0, 0.1) is 10.1 Å². The van der Waals surface area contributed by atoms with Gasteiger partial charge in [-0.2, -0.15) is 13.2 Å². The van der Waals surface area contributed by atoms with E-state index in [9.17, 15) is 23.3 Å². The van der Waals surface area contributed by atoms with Crippen molar-refractivity contribution in [2.45, 2.75) is 6.18 Å². The van der Waals surface area contributed by atoms with Crippen LogP contribution in [0.25, 0.3) is 10.4 Å².